The summed E-state index contributed by atoms with van der Waals surface area (Å²) in [6, 6.07) is 14.3. The number of carbonyl (C=O) groups excluding carboxylic acids is 2. The van der Waals surface area contributed by atoms with Crippen LogP contribution in [0.1, 0.15) is 13.3 Å². The van der Waals surface area contributed by atoms with Crippen LogP contribution in [-0.2, 0) is 9.59 Å². The highest BCUT2D eigenvalue weighted by atomic mass is 16.6. The van der Waals surface area contributed by atoms with E-state index in [0.717, 1.165) is 0 Å². The third kappa shape index (κ3) is 6.94. The number of amides is 2. The quantitative estimate of drug-likeness (QED) is 0.420. The zero-order valence-corrected chi connectivity index (χ0v) is 14.5. The highest BCUT2D eigenvalue weighted by molar-refractivity contribution is 6.05. The lowest BCUT2D eigenvalue weighted by molar-refractivity contribution is -0.384. The summed E-state index contributed by atoms with van der Waals surface area (Å²) in [5.74, 6) is -0.246. The van der Waals surface area contributed by atoms with E-state index < -0.39 is 10.8 Å². The molecule has 0 aliphatic carbocycles. The molecule has 0 aliphatic heterocycles. The molecule has 9 heteroatoms. The van der Waals surface area contributed by atoms with Gasteiger partial charge in [-0.25, -0.2) is 5.43 Å². The van der Waals surface area contributed by atoms with Crippen LogP contribution in [0.15, 0.2) is 59.7 Å². The van der Waals surface area contributed by atoms with Crippen molar-refractivity contribution in [2.45, 2.75) is 13.3 Å². The van der Waals surface area contributed by atoms with E-state index in [1.807, 2.05) is 6.07 Å². The second kappa shape index (κ2) is 9.66. The lowest BCUT2D eigenvalue weighted by Crippen LogP contribution is -2.26. The Morgan fingerprint density at radius 1 is 1.07 bits per heavy atom. The number of carbonyl (C=O) groups is 2. The van der Waals surface area contributed by atoms with Gasteiger partial charge in [-0.2, -0.15) is 5.10 Å². The molecule has 0 saturated heterocycles. The van der Waals surface area contributed by atoms with Gasteiger partial charge in [-0.3, -0.25) is 19.7 Å². The number of hydrazone groups is 1. The van der Waals surface area contributed by atoms with Crippen LogP contribution in [0, 0.1) is 10.1 Å². The smallest absolute Gasteiger partial charge is 0.277 e. The van der Waals surface area contributed by atoms with Crippen molar-refractivity contribution in [1.82, 2.24) is 5.43 Å². The number of para-hydroxylation sites is 1. The first kappa shape index (κ1) is 19.6. The maximum atomic E-state index is 11.9. The number of anilines is 1. The van der Waals surface area contributed by atoms with E-state index in [1.165, 1.54) is 24.3 Å². The topological polar surface area (TPSA) is 123 Å². The van der Waals surface area contributed by atoms with E-state index >= 15 is 0 Å². The Morgan fingerprint density at radius 2 is 1.74 bits per heavy atom. The predicted octanol–water partition coefficient (Wildman–Crippen LogP) is 2.49. The van der Waals surface area contributed by atoms with E-state index in [-0.39, 0.29) is 24.6 Å². The van der Waals surface area contributed by atoms with Crippen LogP contribution in [0.4, 0.5) is 11.4 Å². The minimum Gasteiger partial charge on any atom is -0.484 e. The molecule has 0 heterocycles. The Hall–Kier alpha value is -3.75. The number of nitro benzene ring substituents is 1. The summed E-state index contributed by atoms with van der Waals surface area (Å²) < 4.78 is 5.28. The second-order valence-electron chi connectivity index (χ2n) is 5.51. The van der Waals surface area contributed by atoms with Gasteiger partial charge in [-0.05, 0) is 31.2 Å². The first-order valence-corrected chi connectivity index (χ1v) is 7.98. The number of rotatable bonds is 8. The molecule has 2 rings (SSSR count). The fraction of sp³-hybridized carbons (Fsp3) is 0.167. The van der Waals surface area contributed by atoms with Crippen molar-refractivity contribution < 1.29 is 19.2 Å². The second-order valence-corrected chi connectivity index (χ2v) is 5.51. The van der Waals surface area contributed by atoms with Crippen LogP contribution in [0.5, 0.6) is 5.75 Å². The number of non-ortho nitro benzene ring substituents is 1. The van der Waals surface area contributed by atoms with Gasteiger partial charge < -0.3 is 10.1 Å². The van der Waals surface area contributed by atoms with Gasteiger partial charge >= 0.3 is 0 Å². The molecule has 2 aromatic rings. The van der Waals surface area contributed by atoms with Crippen LogP contribution in [-0.4, -0.2) is 29.1 Å². The summed E-state index contributed by atoms with van der Waals surface area (Å²) in [5.41, 5.74) is 3.07. The molecule has 2 N–H and O–H groups in total. The van der Waals surface area contributed by atoms with E-state index in [9.17, 15) is 19.7 Å². The fourth-order valence-corrected chi connectivity index (χ4v) is 2.00. The molecular weight excluding hydrogens is 352 g/mol. The number of hydrogen-bond donors (Lipinski definition) is 2. The normalized spacial score (nSPS) is 10.8. The van der Waals surface area contributed by atoms with Crippen molar-refractivity contribution in [2.24, 2.45) is 5.10 Å². The maximum absolute atomic E-state index is 11.9. The lowest BCUT2D eigenvalue weighted by Gasteiger charge is -2.06. The number of ether oxygens (including phenoxy) is 1. The number of nitro groups is 1. The van der Waals surface area contributed by atoms with Crippen molar-refractivity contribution in [3.05, 3.63) is 64.7 Å². The van der Waals surface area contributed by atoms with Crippen molar-refractivity contribution in [1.29, 1.82) is 0 Å². The van der Waals surface area contributed by atoms with Gasteiger partial charge in [0.1, 0.15) is 5.75 Å². The molecule has 0 radical (unpaired) electrons. The molecule has 9 nitrogen and oxygen atoms in total. The van der Waals surface area contributed by atoms with Crippen molar-refractivity contribution in [3.63, 3.8) is 0 Å². The summed E-state index contributed by atoms with van der Waals surface area (Å²) in [7, 11) is 0. The molecule has 0 atom stereocenters. The maximum Gasteiger partial charge on any atom is 0.277 e. The SMILES string of the molecule is CC(CC(=O)Nc1ccc([N+](=O)[O-])cc1)=NNC(=O)COc1ccccc1. The molecule has 140 valence electrons. The van der Waals surface area contributed by atoms with E-state index in [4.69, 9.17) is 4.74 Å². The third-order valence-electron chi connectivity index (χ3n) is 3.26. The first-order valence-electron chi connectivity index (χ1n) is 7.98. The van der Waals surface area contributed by atoms with E-state index in [1.54, 1.807) is 31.2 Å². The van der Waals surface area contributed by atoms with Gasteiger partial charge in [0.2, 0.25) is 5.91 Å². The molecular formula is C18H18N4O5. The first-order chi connectivity index (χ1) is 12.9. The predicted molar refractivity (Wildman–Crippen MR) is 99.5 cm³/mol. The highest BCUT2D eigenvalue weighted by Gasteiger charge is 2.08. The largest absolute Gasteiger partial charge is 0.484 e. The monoisotopic (exact) mass is 370 g/mol. The minimum absolute atomic E-state index is 0.0448. The molecule has 0 bridgehead atoms. The van der Waals surface area contributed by atoms with Gasteiger partial charge in [0, 0.05) is 23.5 Å². The molecule has 0 aliphatic rings. The summed E-state index contributed by atoms with van der Waals surface area (Å²) in [6.07, 6.45) is -0.0448. The van der Waals surface area contributed by atoms with Gasteiger partial charge in [0.05, 0.1) is 11.3 Å². The van der Waals surface area contributed by atoms with Gasteiger partial charge in [-0.15, -0.1) is 0 Å². The highest BCUT2D eigenvalue weighted by Crippen LogP contribution is 2.15. The van der Waals surface area contributed by atoms with Crippen LogP contribution >= 0.6 is 0 Å². The minimum atomic E-state index is -0.521. The number of benzene rings is 2. The lowest BCUT2D eigenvalue weighted by atomic mass is 10.2. The van der Waals surface area contributed by atoms with Gasteiger partial charge in [0.25, 0.3) is 11.6 Å². The molecule has 2 amide bonds. The molecule has 0 saturated carbocycles. The number of nitrogens with zero attached hydrogens (tertiary/aromatic N) is 2. The summed E-state index contributed by atoms with van der Waals surface area (Å²) >= 11 is 0. The zero-order valence-electron chi connectivity index (χ0n) is 14.5. The number of nitrogens with one attached hydrogen (secondary N) is 2. The summed E-state index contributed by atoms with van der Waals surface area (Å²) in [5, 5.41) is 17.0. The van der Waals surface area contributed by atoms with Crippen LogP contribution in [0.2, 0.25) is 0 Å². The van der Waals surface area contributed by atoms with Gasteiger partial charge in [-0.1, -0.05) is 18.2 Å². The Bertz CT molecular complexity index is 835. The number of hydrogen-bond acceptors (Lipinski definition) is 6. The Labute approximate surface area is 155 Å². The molecule has 0 unspecified atom stereocenters. The Kier molecular flexibility index (Phi) is 7.00. The van der Waals surface area contributed by atoms with Gasteiger partial charge in [0.15, 0.2) is 6.61 Å². The molecule has 27 heavy (non-hydrogen) atoms. The summed E-state index contributed by atoms with van der Waals surface area (Å²) in [6.45, 7) is 1.39. The molecule has 0 aromatic heterocycles. The Morgan fingerprint density at radius 3 is 2.37 bits per heavy atom. The molecule has 0 spiro atoms. The fourth-order valence-electron chi connectivity index (χ4n) is 2.00. The third-order valence-corrected chi connectivity index (χ3v) is 3.26. The van der Waals surface area contributed by atoms with Crippen molar-refractivity contribution in [3.8, 4) is 5.75 Å². The molecule has 2 aromatic carbocycles. The van der Waals surface area contributed by atoms with Crippen molar-refractivity contribution >= 4 is 28.9 Å². The Balaban J connectivity index is 1.75. The van der Waals surface area contributed by atoms with E-state index in [2.05, 4.69) is 15.8 Å². The van der Waals surface area contributed by atoms with Crippen LogP contribution in [0.25, 0.3) is 0 Å². The average molecular weight is 370 g/mol. The average Bonchev–Trinajstić information content (AvgIpc) is 2.66. The standard InChI is InChI=1S/C18H18N4O5/c1-13(20-21-18(24)12-27-16-5-3-2-4-6-16)11-17(23)19-14-7-9-15(10-8-14)22(25)26/h2-10H,11-12H2,1H3,(H,19,23)(H,21,24). The van der Waals surface area contributed by atoms with Crippen molar-refractivity contribution in [2.75, 3.05) is 11.9 Å². The summed E-state index contributed by atoms with van der Waals surface area (Å²) in [4.78, 5) is 33.7. The van der Waals surface area contributed by atoms with E-state index in [0.29, 0.717) is 17.1 Å². The molecule has 0 fully saturated rings. The zero-order chi connectivity index (χ0) is 19.6. The van der Waals surface area contributed by atoms with Crippen LogP contribution in [0.3, 0.4) is 0 Å². The van der Waals surface area contributed by atoms with Crippen LogP contribution < -0.4 is 15.5 Å².